The van der Waals surface area contributed by atoms with Crippen molar-refractivity contribution in [2.45, 2.75) is 5.38 Å². The topological polar surface area (TPSA) is 42.0 Å². The number of carbonyl (C=O) groups is 1. The van der Waals surface area contributed by atoms with E-state index < -0.39 is 5.38 Å². The zero-order valence-electron chi connectivity index (χ0n) is 11.2. The molecule has 2 aromatic carbocycles. The van der Waals surface area contributed by atoms with E-state index in [0.29, 0.717) is 0 Å². The standard InChI is InChI=1S/C17H13ClN2O/c18-16(12-5-2-1-3-6-12)17(21)20-15-8-4-7-13-11-19-10-9-14(13)15/h1-11,16H,(H,20,21). The monoisotopic (exact) mass is 296 g/mol. The van der Waals surface area contributed by atoms with E-state index in [9.17, 15) is 4.79 Å². The van der Waals surface area contributed by atoms with Crippen molar-refractivity contribution >= 4 is 34.0 Å². The molecule has 0 saturated carbocycles. The molecule has 0 fully saturated rings. The molecule has 1 N–H and O–H groups in total. The summed E-state index contributed by atoms with van der Waals surface area (Å²) in [5.74, 6) is -0.243. The summed E-state index contributed by atoms with van der Waals surface area (Å²) in [5.41, 5.74) is 1.51. The first-order chi connectivity index (χ1) is 10.3. The first-order valence-corrected chi connectivity index (χ1v) is 7.02. The predicted molar refractivity (Wildman–Crippen MR) is 85.4 cm³/mol. The predicted octanol–water partition coefficient (Wildman–Crippen LogP) is 4.15. The van der Waals surface area contributed by atoms with Gasteiger partial charge in [-0.25, -0.2) is 0 Å². The van der Waals surface area contributed by atoms with Gasteiger partial charge in [0.05, 0.1) is 0 Å². The number of nitrogens with zero attached hydrogens (tertiary/aromatic N) is 1. The second-order valence-corrected chi connectivity index (χ2v) is 5.10. The van der Waals surface area contributed by atoms with E-state index in [2.05, 4.69) is 10.3 Å². The summed E-state index contributed by atoms with van der Waals surface area (Å²) >= 11 is 6.23. The second-order valence-electron chi connectivity index (χ2n) is 4.66. The molecule has 0 aliphatic rings. The van der Waals surface area contributed by atoms with Gasteiger partial charge in [-0.2, -0.15) is 0 Å². The molecule has 0 spiro atoms. The first kappa shape index (κ1) is 13.6. The minimum absolute atomic E-state index is 0.243. The average molecular weight is 297 g/mol. The number of rotatable bonds is 3. The lowest BCUT2D eigenvalue weighted by Gasteiger charge is -2.12. The van der Waals surface area contributed by atoms with Crippen molar-refractivity contribution in [3.63, 3.8) is 0 Å². The van der Waals surface area contributed by atoms with Crippen LogP contribution in [0.3, 0.4) is 0 Å². The lowest BCUT2D eigenvalue weighted by molar-refractivity contribution is -0.115. The maximum Gasteiger partial charge on any atom is 0.246 e. The number of amides is 1. The Morgan fingerprint density at radius 1 is 1.05 bits per heavy atom. The molecule has 1 amide bonds. The van der Waals surface area contributed by atoms with Crippen LogP contribution in [0.1, 0.15) is 10.9 Å². The van der Waals surface area contributed by atoms with Crippen molar-refractivity contribution < 1.29 is 4.79 Å². The molecule has 0 aliphatic carbocycles. The van der Waals surface area contributed by atoms with Crippen LogP contribution in [-0.4, -0.2) is 10.9 Å². The number of benzene rings is 2. The van der Waals surface area contributed by atoms with Crippen molar-refractivity contribution in [3.05, 3.63) is 72.6 Å². The van der Waals surface area contributed by atoms with Crippen molar-refractivity contribution in [1.29, 1.82) is 0 Å². The number of halogens is 1. The largest absolute Gasteiger partial charge is 0.324 e. The van der Waals surface area contributed by atoms with Crippen LogP contribution in [0, 0.1) is 0 Å². The summed E-state index contributed by atoms with van der Waals surface area (Å²) in [6.45, 7) is 0. The minimum Gasteiger partial charge on any atom is -0.324 e. The molecule has 104 valence electrons. The van der Waals surface area contributed by atoms with Gasteiger partial charge in [0.25, 0.3) is 0 Å². The van der Waals surface area contributed by atoms with Gasteiger partial charge in [0.15, 0.2) is 0 Å². The van der Waals surface area contributed by atoms with Crippen LogP contribution in [0.5, 0.6) is 0 Å². The van der Waals surface area contributed by atoms with Crippen LogP contribution in [0.15, 0.2) is 67.0 Å². The third-order valence-electron chi connectivity index (χ3n) is 3.26. The fraction of sp³-hybridized carbons (Fsp3) is 0.0588. The smallest absolute Gasteiger partial charge is 0.246 e. The Labute approximate surface area is 127 Å². The molecule has 0 bridgehead atoms. The third kappa shape index (κ3) is 2.88. The number of pyridine rings is 1. The van der Waals surface area contributed by atoms with Gasteiger partial charge in [-0.3, -0.25) is 9.78 Å². The van der Waals surface area contributed by atoms with Crippen LogP contribution < -0.4 is 5.32 Å². The quantitative estimate of drug-likeness (QED) is 0.738. The molecule has 1 unspecified atom stereocenters. The number of hydrogen-bond acceptors (Lipinski definition) is 2. The number of anilines is 1. The summed E-state index contributed by atoms with van der Waals surface area (Å²) in [4.78, 5) is 16.4. The molecule has 1 heterocycles. The zero-order valence-corrected chi connectivity index (χ0v) is 11.9. The highest BCUT2D eigenvalue weighted by Crippen LogP contribution is 2.26. The van der Waals surface area contributed by atoms with Gasteiger partial charge in [-0.05, 0) is 17.7 Å². The maximum atomic E-state index is 12.3. The molecule has 3 aromatic rings. The van der Waals surface area contributed by atoms with Crippen molar-refractivity contribution in [3.8, 4) is 0 Å². The van der Waals surface area contributed by atoms with Gasteiger partial charge < -0.3 is 5.32 Å². The summed E-state index contributed by atoms with van der Waals surface area (Å²) < 4.78 is 0. The van der Waals surface area contributed by atoms with E-state index in [1.807, 2.05) is 54.6 Å². The van der Waals surface area contributed by atoms with Gasteiger partial charge in [0, 0.05) is 28.9 Å². The van der Waals surface area contributed by atoms with E-state index in [1.54, 1.807) is 12.4 Å². The number of fused-ring (bicyclic) bond motifs is 1. The van der Waals surface area contributed by atoms with Crippen molar-refractivity contribution in [2.75, 3.05) is 5.32 Å². The zero-order chi connectivity index (χ0) is 14.7. The van der Waals surface area contributed by atoms with Crippen LogP contribution in [0.2, 0.25) is 0 Å². The van der Waals surface area contributed by atoms with E-state index in [-0.39, 0.29) is 5.91 Å². The molecule has 0 radical (unpaired) electrons. The lowest BCUT2D eigenvalue weighted by atomic mass is 10.1. The highest BCUT2D eigenvalue weighted by Gasteiger charge is 2.18. The fourth-order valence-corrected chi connectivity index (χ4v) is 2.40. The number of hydrogen-bond donors (Lipinski definition) is 1. The van der Waals surface area contributed by atoms with Crippen molar-refractivity contribution in [1.82, 2.24) is 4.98 Å². The highest BCUT2D eigenvalue weighted by molar-refractivity contribution is 6.32. The Morgan fingerprint density at radius 3 is 2.67 bits per heavy atom. The Balaban J connectivity index is 1.87. The number of nitrogens with one attached hydrogen (secondary N) is 1. The molecule has 21 heavy (non-hydrogen) atoms. The van der Waals surface area contributed by atoms with Gasteiger partial charge in [0.2, 0.25) is 5.91 Å². The van der Waals surface area contributed by atoms with E-state index >= 15 is 0 Å². The first-order valence-electron chi connectivity index (χ1n) is 6.58. The van der Waals surface area contributed by atoms with Gasteiger partial charge in [-0.1, -0.05) is 42.5 Å². The van der Waals surface area contributed by atoms with Crippen LogP contribution >= 0.6 is 11.6 Å². The maximum absolute atomic E-state index is 12.3. The van der Waals surface area contributed by atoms with Crippen LogP contribution in [-0.2, 0) is 4.79 Å². The van der Waals surface area contributed by atoms with E-state index in [0.717, 1.165) is 22.0 Å². The molecule has 1 aromatic heterocycles. The molecule has 1 atom stereocenters. The molecule has 3 rings (SSSR count). The van der Waals surface area contributed by atoms with Gasteiger partial charge in [-0.15, -0.1) is 11.6 Å². The Bertz CT molecular complexity index is 769. The van der Waals surface area contributed by atoms with E-state index in [1.165, 1.54) is 0 Å². The normalized spacial score (nSPS) is 12.0. The van der Waals surface area contributed by atoms with Crippen LogP contribution in [0.4, 0.5) is 5.69 Å². The molecular formula is C17H13ClN2O. The van der Waals surface area contributed by atoms with Crippen molar-refractivity contribution in [2.24, 2.45) is 0 Å². The Hall–Kier alpha value is -2.39. The second kappa shape index (κ2) is 5.94. The number of carbonyl (C=O) groups excluding carboxylic acids is 1. The van der Waals surface area contributed by atoms with Gasteiger partial charge in [0.1, 0.15) is 5.38 Å². The number of aromatic nitrogens is 1. The van der Waals surface area contributed by atoms with E-state index in [4.69, 9.17) is 11.6 Å². The number of alkyl halides is 1. The summed E-state index contributed by atoms with van der Waals surface area (Å²) in [5, 5.41) is 4.08. The lowest BCUT2D eigenvalue weighted by Crippen LogP contribution is -2.17. The van der Waals surface area contributed by atoms with Crippen LogP contribution in [0.25, 0.3) is 10.8 Å². The Morgan fingerprint density at radius 2 is 1.86 bits per heavy atom. The third-order valence-corrected chi connectivity index (χ3v) is 3.71. The minimum atomic E-state index is -0.719. The Kier molecular flexibility index (Phi) is 3.84. The fourth-order valence-electron chi connectivity index (χ4n) is 2.20. The summed E-state index contributed by atoms with van der Waals surface area (Å²) in [6, 6.07) is 16.9. The van der Waals surface area contributed by atoms with Gasteiger partial charge >= 0.3 is 0 Å². The average Bonchev–Trinajstić information content (AvgIpc) is 2.55. The molecular weight excluding hydrogens is 284 g/mol. The molecule has 3 nitrogen and oxygen atoms in total. The molecule has 4 heteroatoms. The summed E-state index contributed by atoms with van der Waals surface area (Å²) in [7, 11) is 0. The molecule has 0 saturated heterocycles. The molecule has 0 aliphatic heterocycles. The SMILES string of the molecule is O=C(Nc1cccc2cnccc12)C(Cl)c1ccccc1. The highest BCUT2D eigenvalue weighted by atomic mass is 35.5. The summed E-state index contributed by atoms with van der Waals surface area (Å²) in [6.07, 6.45) is 3.47.